The van der Waals surface area contributed by atoms with E-state index in [0.717, 1.165) is 57.7 Å². The summed E-state index contributed by atoms with van der Waals surface area (Å²) in [5.41, 5.74) is 1.25. The first-order valence-corrected chi connectivity index (χ1v) is 12.5. The van der Waals surface area contributed by atoms with Gasteiger partial charge >= 0.3 is 5.97 Å². The predicted octanol–water partition coefficient (Wildman–Crippen LogP) is 4.24. The Morgan fingerprint density at radius 2 is 1.70 bits per heavy atom. The highest BCUT2D eigenvalue weighted by Gasteiger charge is 2.48. The summed E-state index contributed by atoms with van der Waals surface area (Å²) in [7, 11) is 0. The van der Waals surface area contributed by atoms with Crippen LogP contribution >= 0.6 is 11.6 Å². The molecule has 3 saturated carbocycles. The summed E-state index contributed by atoms with van der Waals surface area (Å²) in [5.74, 6) is 2.16. The maximum atomic E-state index is 12.8. The van der Waals surface area contributed by atoms with Gasteiger partial charge < -0.3 is 19.9 Å². The fourth-order valence-corrected chi connectivity index (χ4v) is 6.06. The Hall–Kier alpha value is -2.54. The maximum absolute atomic E-state index is 12.8. The molecule has 2 aromatic rings. The van der Waals surface area contributed by atoms with Gasteiger partial charge in [0.1, 0.15) is 11.6 Å². The molecular weight excluding hydrogens is 438 g/mol. The average molecular weight is 470 g/mol. The molecule has 0 radical (unpaired) electrons. The molecule has 1 aromatic carbocycles. The lowest BCUT2D eigenvalue weighted by Gasteiger charge is -2.47. The van der Waals surface area contributed by atoms with Crippen molar-refractivity contribution in [3.63, 3.8) is 0 Å². The molecule has 1 aliphatic heterocycles. The van der Waals surface area contributed by atoms with Crippen LogP contribution in [0.15, 0.2) is 36.4 Å². The van der Waals surface area contributed by atoms with E-state index in [1.165, 1.54) is 5.69 Å². The molecule has 6 rings (SSSR count). The molecule has 0 unspecified atom stereocenters. The van der Waals surface area contributed by atoms with Crippen LogP contribution in [0.5, 0.6) is 0 Å². The Morgan fingerprint density at radius 3 is 2.39 bits per heavy atom. The molecule has 176 valence electrons. The standard InChI is InChI=1S/C25H32ClN5O2/c1-2-33-24(32)22-17-8-10-18(11-9-17)23(22)27-20-16-21(29-25(26)28-20)31-14-12-30(13-15-31)19-6-4-3-5-7-19/h3-7,16-18,22-23H,2,8-15H2,1H3,(H,27,28,29)/t17?,18?,22-,23-/m1/s1. The zero-order valence-corrected chi connectivity index (χ0v) is 19.9. The summed E-state index contributed by atoms with van der Waals surface area (Å²) >= 11 is 6.35. The van der Waals surface area contributed by atoms with Crippen LogP contribution in [0.25, 0.3) is 0 Å². The first-order chi connectivity index (χ1) is 16.1. The molecule has 7 nitrogen and oxygen atoms in total. The van der Waals surface area contributed by atoms with E-state index in [-0.39, 0.29) is 23.2 Å². The van der Waals surface area contributed by atoms with Crippen LogP contribution in [0.3, 0.4) is 0 Å². The lowest BCUT2D eigenvalue weighted by Crippen LogP contribution is -2.52. The number of halogens is 1. The number of anilines is 3. The predicted molar refractivity (Wildman–Crippen MR) is 131 cm³/mol. The summed E-state index contributed by atoms with van der Waals surface area (Å²) in [6.45, 7) is 5.85. The Balaban J connectivity index is 1.30. The highest BCUT2D eigenvalue weighted by atomic mass is 35.5. The van der Waals surface area contributed by atoms with Gasteiger partial charge in [-0.25, -0.2) is 9.97 Å². The summed E-state index contributed by atoms with van der Waals surface area (Å²) in [5, 5.41) is 3.81. The van der Waals surface area contributed by atoms with Crippen molar-refractivity contribution >= 4 is 34.9 Å². The van der Waals surface area contributed by atoms with Crippen molar-refractivity contribution in [1.82, 2.24) is 9.97 Å². The number of piperazine rings is 1. The third-order valence-electron chi connectivity index (χ3n) is 7.50. The van der Waals surface area contributed by atoms with E-state index >= 15 is 0 Å². The smallest absolute Gasteiger partial charge is 0.311 e. The van der Waals surface area contributed by atoms with Crippen LogP contribution in [-0.2, 0) is 9.53 Å². The minimum Gasteiger partial charge on any atom is -0.466 e. The van der Waals surface area contributed by atoms with Gasteiger partial charge in [-0.2, -0.15) is 0 Å². The average Bonchev–Trinajstić information content (AvgIpc) is 2.85. The van der Waals surface area contributed by atoms with Gasteiger partial charge in [-0.3, -0.25) is 4.79 Å². The highest BCUT2D eigenvalue weighted by molar-refractivity contribution is 6.28. The lowest BCUT2D eigenvalue weighted by molar-refractivity contribution is -0.154. The molecule has 33 heavy (non-hydrogen) atoms. The summed E-state index contributed by atoms with van der Waals surface area (Å²) in [6.07, 6.45) is 4.50. The largest absolute Gasteiger partial charge is 0.466 e. The minimum atomic E-state index is -0.121. The van der Waals surface area contributed by atoms with Gasteiger partial charge in [0.2, 0.25) is 5.28 Å². The third-order valence-corrected chi connectivity index (χ3v) is 7.67. The van der Waals surface area contributed by atoms with Crippen LogP contribution in [0.1, 0.15) is 32.6 Å². The van der Waals surface area contributed by atoms with Gasteiger partial charge in [-0.05, 0) is 68.2 Å². The molecule has 4 fully saturated rings. The fraction of sp³-hybridized carbons (Fsp3) is 0.560. The molecule has 8 heteroatoms. The van der Waals surface area contributed by atoms with Crippen LogP contribution in [0.2, 0.25) is 5.28 Å². The number of esters is 1. The van der Waals surface area contributed by atoms with E-state index < -0.39 is 0 Å². The van der Waals surface area contributed by atoms with E-state index in [9.17, 15) is 4.79 Å². The number of hydrogen-bond donors (Lipinski definition) is 1. The fourth-order valence-electron chi connectivity index (χ4n) is 5.88. The second-order valence-corrected chi connectivity index (χ2v) is 9.65. The molecule has 1 aromatic heterocycles. The number of benzene rings is 1. The number of nitrogens with one attached hydrogen (secondary N) is 1. The number of carbonyl (C=O) groups is 1. The molecule has 1 N–H and O–H groups in total. The van der Waals surface area contributed by atoms with E-state index in [1.807, 2.05) is 19.1 Å². The van der Waals surface area contributed by atoms with Gasteiger partial charge in [0.15, 0.2) is 0 Å². The molecule has 2 bridgehead atoms. The van der Waals surface area contributed by atoms with E-state index in [1.54, 1.807) is 0 Å². The normalized spacial score (nSPS) is 26.8. The maximum Gasteiger partial charge on any atom is 0.311 e. The number of hydrogen-bond acceptors (Lipinski definition) is 7. The first-order valence-electron chi connectivity index (χ1n) is 12.1. The number of ether oxygens (including phenoxy) is 1. The van der Waals surface area contributed by atoms with E-state index in [0.29, 0.717) is 24.3 Å². The molecule has 3 aliphatic carbocycles. The van der Waals surface area contributed by atoms with Crippen LogP contribution < -0.4 is 15.1 Å². The van der Waals surface area contributed by atoms with Gasteiger partial charge in [0, 0.05) is 44.0 Å². The first kappa shape index (κ1) is 22.3. The third kappa shape index (κ3) is 4.74. The van der Waals surface area contributed by atoms with Crippen molar-refractivity contribution in [2.45, 2.75) is 38.6 Å². The summed E-state index contributed by atoms with van der Waals surface area (Å²) < 4.78 is 5.44. The molecule has 4 aliphatic rings. The second kappa shape index (κ2) is 9.75. The van der Waals surface area contributed by atoms with Gasteiger partial charge in [-0.1, -0.05) is 18.2 Å². The SMILES string of the molecule is CCOC(=O)[C@@H]1C2CCC(CC2)[C@H]1Nc1cc(N2CCN(c3ccccc3)CC2)nc(Cl)n1. The van der Waals surface area contributed by atoms with Gasteiger partial charge in [0.25, 0.3) is 0 Å². The van der Waals surface area contributed by atoms with Crippen molar-refractivity contribution in [1.29, 1.82) is 0 Å². The number of aromatic nitrogens is 2. The Morgan fingerprint density at radius 1 is 1.03 bits per heavy atom. The summed E-state index contributed by atoms with van der Waals surface area (Å²) in [6, 6.07) is 12.5. The van der Waals surface area contributed by atoms with Crippen molar-refractivity contribution in [2.75, 3.05) is 47.9 Å². The minimum absolute atomic E-state index is 0.0327. The number of carbonyl (C=O) groups excluding carboxylic acids is 1. The molecule has 0 spiro atoms. The number of rotatable bonds is 6. The molecule has 0 amide bonds. The van der Waals surface area contributed by atoms with Crippen molar-refractivity contribution in [3.8, 4) is 0 Å². The zero-order valence-electron chi connectivity index (χ0n) is 19.1. The quantitative estimate of drug-likeness (QED) is 0.501. The van der Waals surface area contributed by atoms with Gasteiger partial charge in [0.05, 0.1) is 12.5 Å². The van der Waals surface area contributed by atoms with Crippen molar-refractivity contribution in [2.24, 2.45) is 17.8 Å². The number of fused-ring (bicyclic) bond motifs is 3. The van der Waals surface area contributed by atoms with Crippen LogP contribution in [-0.4, -0.2) is 54.8 Å². The number of para-hydroxylation sites is 1. The topological polar surface area (TPSA) is 70.6 Å². The van der Waals surface area contributed by atoms with Crippen molar-refractivity contribution < 1.29 is 9.53 Å². The Kier molecular flexibility index (Phi) is 6.58. The Labute approximate surface area is 200 Å². The summed E-state index contributed by atoms with van der Waals surface area (Å²) in [4.78, 5) is 26.4. The van der Waals surface area contributed by atoms with E-state index in [4.69, 9.17) is 16.3 Å². The lowest BCUT2D eigenvalue weighted by atomic mass is 9.61. The molecule has 1 saturated heterocycles. The number of nitrogens with zero attached hydrogens (tertiary/aromatic N) is 4. The molecular formula is C25H32ClN5O2. The van der Waals surface area contributed by atoms with Crippen molar-refractivity contribution in [3.05, 3.63) is 41.7 Å². The van der Waals surface area contributed by atoms with Crippen LogP contribution in [0.4, 0.5) is 17.3 Å². The highest BCUT2D eigenvalue weighted by Crippen LogP contribution is 2.46. The van der Waals surface area contributed by atoms with E-state index in [2.05, 4.69) is 49.4 Å². The monoisotopic (exact) mass is 469 g/mol. The molecule has 2 heterocycles. The molecule has 2 atom stereocenters. The zero-order chi connectivity index (χ0) is 22.8. The second-order valence-electron chi connectivity index (χ2n) is 9.31. The Bertz CT molecular complexity index is 959. The van der Waals surface area contributed by atoms with Crippen LogP contribution in [0, 0.1) is 17.8 Å². The van der Waals surface area contributed by atoms with Gasteiger partial charge in [-0.15, -0.1) is 0 Å².